The van der Waals surface area contributed by atoms with Gasteiger partial charge in [0.2, 0.25) is 0 Å². The van der Waals surface area contributed by atoms with Crippen LogP contribution in [-0.2, 0) is 6.42 Å². The maximum absolute atomic E-state index is 5.65. The van der Waals surface area contributed by atoms with Crippen LogP contribution in [0.15, 0.2) is 29.3 Å². The standard InChI is InChI=1S/C18H31N3O.HI/c1-7-19-17(21-18(4,5)6)20-13-12-15-8-10-16(11-9-15)22-14(2)3;/h8-11,14H,7,12-13H2,1-6H3,(H2,19,20,21);1H. The lowest BCUT2D eigenvalue weighted by molar-refractivity contribution is 0.242. The summed E-state index contributed by atoms with van der Waals surface area (Å²) in [7, 11) is 0. The molecule has 0 fully saturated rings. The highest BCUT2D eigenvalue weighted by Gasteiger charge is 2.11. The van der Waals surface area contributed by atoms with Crippen LogP contribution in [-0.4, -0.2) is 30.7 Å². The fraction of sp³-hybridized carbons (Fsp3) is 0.611. The van der Waals surface area contributed by atoms with E-state index < -0.39 is 0 Å². The first-order valence-corrected chi connectivity index (χ1v) is 8.12. The topological polar surface area (TPSA) is 45.7 Å². The maximum Gasteiger partial charge on any atom is 0.191 e. The van der Waals surface area contributed by atoms with E-state index in [-0.39, 0.29) is 35.6 Å². The van der Waals surface area contributed by atoms with Crippen molar-refractivity contribution in [2.45, 2.75) is 59.6 Å². The second kappa shape index (κ2) is 10.7. The summed E-state index contributed by atoms with van der Waals surface area (Å²) in [6.45, 7) is 14.2. The van der Waals surface area contributed by atoms with Crippen LogP contribution in [0.5, 0.6) is 5.75 Å². The number of nitrogens with zero attached hydrogens (tertiary/aromatic N) is 1. The molecule has 0 atom stereocenters. The fourth-order valence-corrected chi connectivity index (χ4v) is 1.97. The first-order chi connectivity index (χ1) is 10.3. The van der Waals surface area contributed by atoms with Crippen molar-refractivity contribution in [3.8, 4) is 5.75 Å². The molecule has 5 heteroatoms. The van der Waals surface area contributed by atoms with Gasteiger partial charge in [-0.05, 0) is 65.7 Å². The van der Waals surface area contributed by atoms with E-state index in [2.05, 4.69) is 55.5 Å². The predicted octanol–water partition coefficient (Wildman–Crippen LogP) is 3.99. The summed E-state index contributed by atoms with van der Waals surface area (Å²) in [5.41, 5.74) is 1.28. The lowest BCUT2D eigenvalue weighted by atomic mass is 10.1. The quantitative estimate of drug-likeness (QED) is 0.405. The fourth-order valence-electron chi connectivity index (χ4n) is 1.97. The van der Waals surface area contributed by atoms with Gasteiger partial charge in [-0.2, -0.15) is 0 Å². The Kier molecular flexibility index (Phi) is 10.3. The first-order valence-electron chi connectivity index (χ1n) is 8.12. The highest BCUT2D eigenvalue weighted by Crippen LogP contribution is 2.14. The van der Waals surface area contributed by atoms with Crippen molar-refractivity contribution in [1.29, 1.82) is 0 Å². The van der Waals surface area contributed by atoms with Gasteiger partial charge in [0, 0.05) is 18.6 Å². The number of hydrogen-bond acceptors (Lipinski definition) is 2. The molecule has 0 radical (unpaired) electrons. The van der Waals surface area contributed by atoms with Crippen LogP contribution in [0.3, 0.4) is 0 Å². The van der Waals surface area contributed by atoms with Crippen molar-refractivity contribution in [2.24, 2.45) is 4.99 Å². The third-order valence-electron chi connectivity index (χ3n) is 2.80. The largest absolute Gasteiger partial charge is 0.491 e. The zero-order valence-electron chi connectivity index (χ0n) is 15.3. The number of halogens is 1. The van der Waals surface area contributed by atoms with Crippen molar-refractivity contribution >= 4 is 29.9 Å². The average molecular weight is 433 g/mol. The lowest BCUT2D eigenvalue weighted by Crippen LogP contribution is -2.47. The Morgan fingerprint density at radius 2 is 1.78 bits per heavy atom. The molecule has 4 nitrogen and oxygen atoms in total. The number of guanidine groups is 1. The molecular formula is C18H32IN3O. The minimum Gasteiger partial charge on any atom is -0.491 e. The lowest BCUT2D eigenvalue weighted by Gasteiger charge is -2.23. The minimum atomic E-state index is 0. The van der Waals surface area contributed by atoms with Gasteiger partial charge in [0.05, 0.1) is 6.10 Å². The molecule has 0 aromatic heterocycles. The third-order valence-corrected chi connectivity index (χ3v) is 2.80. The normalized spacial score (nSPS) is 11.9. The molecule has 132 valence electrons. The van der Waals surface area contributed by atoms with Gasteiger partial charge in [0.15, 0.2) is 5.96 Å². The summed E-state index contributed by atoms with van der Waals surface area (Å²) in [6.07, 6.45) is 1.13. The molecule has 0 aliphatic rings. The van der Waals surface area contributed by atoms with Crippen LogP contribution in [0.25, 0.3) is 0 Å². The van der Waals surface area contributed by atoms with E-state index in [4.69, 9.17) is 4.74 Å². The molecule has 0 saturated heterocycles. The summed E-state index contributed by atoms with van der Waals surface area (Å²) in [5.74, 6) is 1.79. The van der Waals surface area contributed by atoms with E-state index >= 15 is 0 Å². The van der Waals surface area contributed by atoms with Crippen molar-refractivity contribution in [2.75, 3.05) is 13.1 Å². The monoisotopic (exact) mass is 433 g/mol. The highest BCUT2D eigenvalue weighted by molar-refractivity contribution is 14.0. The van der Waals surface area contributed by atoms with E-state index in [1.54, 1.807) is 0 Å². The molecule has 2 N–H and O–H groups in total. The second-order valence-electron chi connectivity index (χ2n) is 6.70. The Morgan fingerprint density at radius 3 is 2.26 bits per heavy atom. The Balaban J connectivity index is 0.00000484. The van der Waals surface area contributed by atoms with Gasteiger partial charge in [-0.3, -0.25) is 4.99 Å². The molecule has 1 rings (SSSR count). The number of benzene rings is 1. The molecule has 0 heterocycles. The van der Waals surface area contributed by atoms with Crippen LogP contribution in [0.1, 0.15) is 47.1 Å². The highest BCUT2D eigenvalue weighted by atomic mass is 127. The molecule has 0 amide bonds. The summed E-state index contributed by atoms with van der Waals surface area (Å²) in [6, 6.07) is 8.27. The SMILES string of the molecule is CCNC(=NCCc1ccc(OC(C)C)cc1)NC(C)(C)C.I. The number of hydrogen-bond donors (Lipinski definition) is 2. The van der Waals surface area contributed by atoms with E-state index in [0.717, 1.165) is 31.2 Å². The van der Waals surface area contributed by atoms with Crippen LogP contribution in [0.2, 0.25) is 0 Å². The first kappa shape index (κ1) is 22.0. The molecular weight excluding hydrogens is 401 g/mol. The van der Waals surface area contributed by atoms with Gasteiger partial charge in [-0.25, -0.2) is 0 Å². The van der Waals surface area contributed by atoms with Crippen molar-refractivity contribution < 1.29 is 4.74 Å². The molecule has 23 heavy (non-hydrogen) atoms. The molecule has 1 aromatic carbocycles. The van der Waals surface area contributed by atoms with Gasteiger partial charge in [0.25, 0.3) is 0 Å². The van der Waals surface area contributed by atoms with E-state index in [9.17, 15) is 0 Å². The summed E-state index contributed by atoms with van der Waals surface area (Å²) in [5, 5.41) is 6.67. The average Bonchev–Trinajstić information content (AvgIpc) is 2.38. The Morgan fingerprint density at radius 1 is 1.17 bits per heavy atom. The number of ether oxygens (including phenoxy) is 1. The minimum absolute atomic E-state index is 0. The van der Waals surface area contributed by atoms with Gasteiger partial charge >= 0.3 is 0 Å². The zero-order valence-corrected chi connectivity index (χ0v) is 17.6. The van der Waals surface area contributed by atoms with Gasteiger partial charge in [-0.15, -0.1) is 24.0 Å². The zero-order chi connectivity index (χ0) is 16.6. The predicted molar refractivity (Wildman–Crippen MR) is 110 cm³/mol. The summed E-state index contributed by atoms with van der Waals surface area (Å²) >= 11 is 0. The second-order valence-corrected chi connectivity index (χ2v) is 6.70. The Labute approximate surface area is 158 Å². The molecule has 0 aliphatic heterocycles. The Bertz CT molecular complexity index is 464. The number of aliphatic imine (C=N–C) groups is 1. The molecule has 0 saturated carbocycles. The smallest absolute Gasteiger partial charge is 0.191 e. The van der Waals surface area contributed by atoms with Crippen molar-refractivity contribution in [3.63, 3.8) is 0 Å². The molecule has 1 aromatic rings. The van der Waals surface area contributed by atoms with Gasteiger partial charge < -0.3 is 15.4 Å². The summed E-state index contributed by atoms with van der Waals surface area (Å²) in [4.78, 5) is 4.63. The number of rotatable bonds is 6. The maximum atomic E-state index is 5.65. The van der Waals surface area contributed by atoms with Crippen LogP contribution >= 0.6 is 24.0 Å². The van der Waals surface area contributed by atoms with Crippen LogP contribution in [0, 0.1) is 0 Å². The number of nitrogens with one attached hydrogen (secondary N) is 2. The van der Waals surface area contributed by atoms with E-state index in [0.29, 0.717) is 0 Å². The molecule has 0 bridgehead atoms. The van der Waals surface area contributed by atoms with Gasteiger partial charge in [-0.1, -0.05) is 12.1 Å². The Hall–Kier alpha value is -0.980. The van der Waals surface area contributed by atoms with E-state index in [1.165, 1.54) is 5.56 Å². The molecule has 0 spiro atoms. The summed E-state index contributed by atoms with van der Waals surface area (Å²) < 4.78 is 5.65. The van der Waals surface area contributed by atoms with Gasteiger partial charge in [0.1, 0.15) is 5.75 Å². The molecule has 0 aliphatic carbocycles. The third kappa shape index (κ3) is 10.4. The van der Waals surface area contributed by atoms with Crippen LogP contribution < -0.4 is 15.4 Å². The molecule has 0 unspecified atom stereocenters. The van der Waals surface area contributed by atoms with Crippen LogP contribution in [0.4, 0.5) is 0 Å². The van der Waals surface area contributed by atoms with E-state index in [1.807, 2.05) is 26.0 Å². The van der Waals surface area contributed by atoms with Crippen molar-refractivity contribution in [3.05, 3.63) is 29.8 Å². The van der Waals surface area contributed by atoms with Crippen molar-refractivity contribution in [1.82, 2.24) is 10.6 Å².